The van der Waals surface area contributed by atoms with E-state index in [1.54, 1.807) is 36.0 Å². The van der Waals surface area contributed by atoms with Gasteiger partial charge in [0.25, 0.3) is 5.91 Å². The Morgan fingerprint density at radius 2 is 1.93 bits per heavy atom. The number of sulfonamides is 1. The maximum absolute atomic E-state index is 12.8. The predicted molar refractivity (Wildman–Crippen MR) is 116 cm³/mol. The van der Waals surface area contributed by atoms with Crippen molar-refractivity contribution < 1.29 is 17.9 Å². The summed E-state index contributed by atoms with van der Waals surface area (Å²) in [5, 5.41) is 2.91. The van der Waals surface area contributed by atoms with Gasteiger partial charge in [-0.15, -0.1) is 11.8 Å². The second kappa shape index (κ2) is 8.77. The third-order valence-corrected chi connectivity index (χ3v) is 8.17. The van der Waals surface area contributed by atoms with Crippen molar-refractivity contribution >= 4 is 39.1 Å². The van der Waals surface area contributed by atoms with E-state index in [2.05, 4.69) is 5.32 Å². The number of nitrogens with zero attached hydrogens (tertiary/aromatic N) is 1. The largest absolute Gasteiger partial charge is 0.377 e. The summed E-state index contributed by atoms with van der Waals surface area (Å²) >= 11 is 1.64. The van der Waals surface area contributed by atoms with Crippen LogP contribution in [0.25, 0.3) is 0 Å². The van der Waals surface area contributed by atoms with E-state index in [0.717, 1.165) is 30.1 Å². The molecule has 0 saturated carbocycles. The second-order valence-corrected chi connectivity index (χ2v) is 10.3. The van der Waals surface area contributed by atoms with E-state index in [1.807, 2.05) is 24.3 Å². The molecule has 2 aliphatic rings. The van der Waals surface area contributed by atoms with Crippen LogP contribution in [0.2, 0.25) is 0 Å². The monoisotopic (exact) mass is 432 g/mol. The van der Waals surface area contributed by atoms with Crippen LogP contribution in [0.15, 0.2) is 53.4 Å². The van der Waals surface area contributed by atoms with Gasteiger partial charge in [-0.05, 0) is 55.7 Å². The SMILES string of the molecule is O=C(Nc1ccc(N2CCCS2(=O)=O)cc1)c1ccccc1SC[C@@H]1CCCO1. The van der Waals surface area contributed by atoms with E-state index < -0.39 is 10.0 Å². The van der Waals surface area contributed by atoms with E-state index in [1.165, 1.54) is 4.31 Å². The lowest BCUT2D eigenvalue weighted by Crippen LogP contribution is -2.25. The Morgan fingerprint density at radius 3 is 2.62 bits per heavy atom. The van der Waals surface area contributed by atoms with Gasteiger partial charge in [0.2, 0.25) is 10.0 Å². The summed E-state index contributed by atoms with van der Waals surface area (Å²) in [6.45, 7) is 1.32. The quantitative estimate of drug-likeness (QED) is 0.704. The molecule has 1 amide bonds. The molecule has 0 aliphatic carbocycles. The van der Waals surface area contributed by atoms with Gasteiger partial charge in [-0.1, -0.05) is 12.1 Å². The third-order valence-electron chi connectivity index (χ3n) is 5.09. The summed E-state index contributed by atoms with van der Waals surface area (Å²) < 4.78 is 31.2. The van der Waals surface area contributed by atoms with Gasteiger partial charge in [-0.25, -0.2) is 8.42 Å². The van der Waals surface area contributed by atoms with Gasteiger partial charge in [0.1, 0.15) is 0 Å². The van der Waals surface area contributed by atoms with Crippen molar-refractivity contribution in [2.24, 2.45) is 0 Å². The number of hydrogen-bond donors (Lipinski definition) is 1. The summed E-state index contributed by atoms with van der Waals surface area (Å²) in [4.78, 5) is 13.7. The molecule has 0 bridgehead atoms. The van der Waals surface area contributed by atoms with Crippen molar-refractivity contribution in [1.29, 1.82) is 0 Å². The maximum atomic E-state index is 12.8. The molecule has 2 aliphatic heterocycles. The van der Waals surface area contributed by atoms with Crippen LogP contribution in [-0.2, 0) is 14.8 Å². The second-order valence-electron chi connectivity index (χ2n) is 7.18. The maximum Gasteiger partial charge on any atom is 0.256 e. The van der Waals surface area contributed by atoms with Gasteiger partial charge < -0.3 is 10.1 Å². The first kappa shape index (κ1) is 20.3. The van der Waals surface area contributed by atoms with Crippen molar-refractivity contribution in [1.82, 2.24) is 0 Å². The lowest BCUT2D eigenvalue weighted by atomic mass is 10.2. The van der Waals surface area contributed by atoms with Crippen molar-refractivity contribution in [3.8, 4) is 0 Å². The van der Waals surface area contributed by atoms with Crippen LogP contribution in [0.5, 0.6) is 0 Å². The van der Waals surface area contributed by atoms with Gasteiger partial charge in [0.15, 0.2) is 0 Å². The zero-order valence-corrected chi connectivity index (χ0v) is 17.7. The minimum atomic E-state index is -3.21. The molecule has 2 aromatic carbocycles. The number of benzene rings is 2. The standard InChI is InChI=1S/C21H24N2O4S2/c24-21(19-6-1-2-7-20(19)28-15-18-5-3-13-27-18)22-16-8-10-17(11-9-16)23-12-4-14-29(23,25)26/h1-2,6-11,18H,3-5,12-15H2,(H,22,24)/t18-/m0/s1. The van der Waals surface area contributed by atoms with Gasteiger partial charge in [-0.2, -0.15) is 0 Å². The molecule has 2 aromatic rings. The van der Waals surface area contributed by atoms with E-state index in [4.69, 9.17) is 4.74 Å². The molecule has 2 heterocycles. The lowest BCUT2D eigenvalue weighted by Gasteiger charge is -2.17. The van der Waals surface area contributed by atoms with Gasteiger partial charge in [0, 0.05) is 29.5 Å². The first-order valence-corrected chi connectivity index (χ1v) is 12.4. The fourth-order valence-electron chi connectivity index (χ4n) is 3.58. The van der Waals surface area contributed by atoms with Gasteiger partial charge in [-0.3, -0.25) is 9.10 Å². The van der Waals surface area contributed by atoms with Crippen LogP contribution in [0, 0.1) is 0 Å². The molecule has 1 atom stereocenters. The van der Waals surface area contributed by atoms with Crippen LogP contribution in [0.3, 0.4) is 0 Å². The zero-order valence-electron chi connectivity index (χ0n) is 16.0. The highest BCUT2D eigenvalue weighted by molar-refractivity contribution is 7.99. The van der Waals surface area contributed by atoms with Crippen molar-refractivity contribution in [3.63, 3.8) is 0 Å². The Morgan fingerprint density at radius 1 is 1.14 bits per heavy atom. The van der Waals surface area contributed by atoms with Gasteiger partial charge >= 0.3 is 0 Å². The number of amides is 1. The summed E-state index contributed by atoms with van der Waals surface area (Å²) in [6, 6.07) is 14.5. The van der Waals surface area contributed by atoms with E-state index >= 15 is 0 Å². The molecule has 154 valence electrons. The molecule has 0 radical (unpaired) electrons. The van der Waals surface area contributed by atoms with Crippen molar-refractivity contribution in [2.75, 3.05) is 34.3 Å². The molecule has 0 unspecified atom stereocenters. The highest BCUT2D eigenvalue weighted by Gasteiger charge is 2.28. The normalized spacial score (nSPS) is 20.7. The number of rotatable bonds is 6. The summed E-state index contributed by atoms with van der Waals surface area (Å²) in [5.74, 6) is 0.844. The van der Waals surface area contributed by atoms with Gasteiger partial charge in [0.05, 0.1) is 23.1 Å². The molecular formula is C21H24N2O4S2. The smallest absolute Gasteiger partial charge is 0.256 e. The fraction of sp³-hybridized carbons (Fsp3) is 0.381. The molecule has 1 N–H and O–H groups in total. The average Bonchev–Trinajstić information content (AvgIpc) is 3.36. The Hall–Kier alpha value is -2.03. The molecule has 2 fully saturated rings. The first-order valence-electron chi connectivity index (χ1n) is 9.78. The number of ether oxygens (including phenoxy) is 1. The first-order chi connectivity index (χ1) is 14.0. The summed E-state index contributed by atoms with van der Waals surface area (Å²) in [7, 11) is -3.21. The molecule has 29 heavy (non-hydrogen) atoms. The van der Waals surface area contributed by atoms with Crippen LogP contribution in [0.4, 0.5) is 11.4 Å². The van der Waals surface area contributed by atoms with E-state index in [0.29, 0.717) is 29.9 Å². The molecule has 0 aromatic heterocycles. The minimum Gasteiger partial charge on any atom is -0.377 e. The Kier molecular flexibility index (Phi) is 6.12. The molecular weight excluding hydrogens is 408 g/mol. The molecule has 4 rings (SSSR count). The molecule has 6 nitrogen and oxygen atoms in total. The zero-order chi connectivity index (χ0) is 20.3. The van der Waals surface area contributed by atoms with Crippen LogP contribution in [-0.4, -0.2) is 45.1 Å². The van der Waals surface area contributed by atoms with Crippen LogP contribution < -0.4 is 9.62 Å². The number of carbonyl (C=O) groups is 1. The van der Waals surface area contributed by atoms with E-state index in [9.17, 15) is 13.2 Å². The van der Waals surface area contributed by atoms with Crippen molar-refractivity contribution in [2.45, 2.75) is 30.3 Å². The molecule has 0 spiro atoms. The number of carbonyl (C=O) groups excluding carboxylic acids is 1. The Labute approximate surface area is 175 Å². The third kappa shape index (κ3) is 4.76. The average molecular weight is 433 g/mol. The Balaban J connectivity index is 1.43. The topological polar surface area (TPSA) is 75.7 Å². The molecule has 2 saturated heterocycles. The van der Waals surface area contributed by atoms with Crippen LogP contribution >= 0.6 is 11.8 Å². The highest BCUT2D eigenvalue weighted by Crippen LogP contribution is 2.28. The fourth-order valence-corrected chi connectivity index (χ4v) is 6.26. The van der Waals surface area contributed by atoms with Crippen LogP contribution in [0.1, 0.15) is 29.6 Å². The predicted octanol–water partition coefficient (Wildman–Crippen LogP) is 3.75. The number of thioether (sulfide) groups is 1. The summed E-state index contributed by atoms with van der Waals surface area (Å²) in [6.07, 6.45) is 3.06. The summed E-state index contributed by atoms with van der Waals surface area (Å²) in [5.41, 5.74) is 1.89. The minimum absolute atomic E-state index is 0.179. The number of hydrogen-bond acceptors (Lipinski definition) is 5. The highest BCUT2D eigenvalue weighted by atomic mass is 32.2. The Bertz CT molecular complexity index is 970. The van der Waals surface area contributed by atoms with Crippen molar-refractivity contribution in [3.05, 3.63) is 54.1 Å². The molecule has 8 heteroatoms. The number of anilines is 2. The van der Waals surface area contributed by atoms with E-state index in [-0.39, 0.29) is 17.8 Å². The number of nitrogens with one attached hydrogen (secondary N) is 1. The lowest BCUT2D eigenvalue weighted by molar-refractivity contribution is 0.102.